The zero-order valence-corrected chi connectivity index (χ0v) is 27.2. The zero-order valence-electron chi connectivity index (χ0n) is 27.2. The van der Waals surface area contributed by atoms with E-state index in [1.807, 2.05) is 7.05 Å². The van der Waals surface area contributed by atoms with Crippen LogP contribution in [0.15, 0.2) is 40.4 Å². The van der Waals surface area contributed by atoms with Crippen molar-refractivity contribution in [3.05, 3.63) is 35.5 Å². The summed E-state index contributed by atoms with van der Waals surface area (Å²) in [4.78, 5) is 19.0. The number of fused-ring (bicyclic) bond motifs is 1. The van der Waals surface area contributed by atoms with Gasteiger partial charge in [-0.1, -0.05) is 43.2 Å². The quantitative estimate of drug-likeness (QED) is 0.102. The van der Waals surface area contributed by atoms with Gasteiger partial charge in [0.1, 0.15) is 5.60 Å². The highest BCUT2D eigenvalue weighted by atomic mass is 16.5. The normalized spacial score (nSPS) is 42.3. The van der Waals surface area contributed by atoms with Gasteiger partial charge in [-0.25, -0.2) is 4.99 Å². The number of likely N-dealkylation sites (N-methyl/N-ethyl adjacent to an activating group) is 1. The Hall–Kier alpha value is -2.08. The van der Waals surface area contributed by atoms with Gasteiger partial charge in [0.2, 0.25) is 0 Å². The number of nitrogens with two attached hydrogens (primary N) is 1. The van der Waals surface area contributed by atoms with Gasteiger partial charge in [-0.3, -0.25) is 4.90 Å². The predicted molar refractivity (Wildman–Crippen MR) is 171 cm³/mol. The number of aliphatic hydroxyl groups is 2. The van der Waals surface area contributed by atoms with E-state index in [4.69, 9.17) is 15.5 Å². The monoisotopic (exact) mass is 625 g/mol. The Balaban J connectivity index is 1.37. The molecule has 10 heteroatoms. The fourth-order valence-electron chi connectivity index (χ4n) is 11.1. The third kappa shape index (κ3) is 5.43. The summed E-state index contributed by atoms with van der Waals surface area (Å²) in [6, 6.07) is 0. The highest BCUT2D eigenvalue weighted by Crippen LogP contribution is 2.76. The van der Waals surface area contributed by atoms with Crippen LogP contribution in [-0.4, -0.2) is 93.4 Å². The van der Waals surface area contributed by atoms with E-state index in [1.165, 1.54) is 0 Å². The number of aliphatic carboxylic acids is 1. The number of hydrogen-bond acceptors (Lipinski definition) is 8. The molecule has 1 aliphatic heterocycles. The molecule has 0 amide bonds. The third-order valence-corrected chi connectivity index (χ3v) is 12.9. The summed E-state index contributed by atoms with van der Waals surface area (Å²) in [7, 11) is 1.90. The van der Waals surface area contributed by atoms with Gasteiger partial charge in [-0.05, 0) is 75.8 Å². The Labute approximate surface area is 268 Å². The highest BCUT2D eigenvalue weighted by Gasteiger charge is 2.75. The van der Waals surface area contributed by atoms with E-state index in [0.717, 1.165) is 75.2 Å². The van der Waals surface area contributed by atoms with Crippen LogP contribution < -0.4 is 26.4 Å². The second-order valence-electron chi connectivity index (χ2n) is 14.8. The Kier molecular flexibility index (Phi) is 9.64. The van der Waals surface area contributed by atoms with Crippen LogP contribution in [0.5, 0.6) is 0 Å². The van der Waals surface area contributed by atoms with Crippen LogP contribution in [-0.2, 0) is 9.53 Å². The summed E-state index contributed by atoms with van der Waals surface area (Å²) in [5, 5.41) is 41.9. The molecule has 7 N–H and O–H groups in total. The van der Waals surface area contributed by atoms with Crippen LogP contribution in [0.3, 0.4) is 0 Å². The van der Waals surface area contributed by atoms with Crippen molar-refractivity contribution in [3.63, 3.8) is 0 Å². The van der Waals surface area contributed by atoms with E-state index in [9.17, 15) is 20.1 Å². The largest absolute Gasteiger partial charge is 0.545 e. The summed E-state index contributed by atoms with van der Waals surface area (Å²) >= 11 is 0. The molecule has 6 aliphatic rings. The van der Waals surface area contributed by atoms with Crippen LogP contribution in [0.1, 0.15) is 58.3 Å². The zero-order chi connectivity index (χ0) is 31.8. The lowest BCUT2D eigenvalue weighted by Gasteiger charge is -2.60. The number of aliphatic imine (C=N–C) groups is 1. The smallest absolute Gasteiger partial charge is 0.293 e. The molecule has 2 bridgehead atoms. The summed E-state index contributed by atoms with van der Waals surface area (Å²) in [6.45, 7) is 6.53. The minimum absolute atomic E-state index is 0.0297. The van der Waals surface area contributed by atoms with Crippen molar-refractivity contribution in [1.82, 2.24) is 10.6 Å². The molecule has 250 valence electrons. The summed E-state index contributed by atoms with van der Waals surface area (Å²) in [5.41, 5.74) is 5.27. The van der Waals surface area contributed by atoms with Crippen molar-refractivity contribution in [1.29, 1.82) is 0 Å². The minimum atomic E-state index is -1.62. The molecule has 45 heavy (non-hydrogen) atoms. The molecular weight excluding hydrogens is 570 g/mol. The van der Waals surface area contributed by atoms with Gasteiger partial charge >= 0.3 is 0 Å². The number of nitrogens with zero attached hydrogens (tertiary/aromatic N) is 1. The molecule has 6 rings (SSSR count). The Morgan fingerprint density at radius 1 is 1.20 bits per heavy atom. The Morgan fingerprint density at radius 2 is 2.02 bits per heavy atom. The number of piperidine rings is 1. The van der Waals surface area contributed by atoms with Crippen molar-refractivity contribution in [3.8, 4) is 0 Å². The molecule has 0 aromatic heterocycles. The number of hydrogen-bond donors (Lipinski definition) is 6. The molecule has 5 aliphatic carbocycles. The molecule has 4 fully saturated rings. The van der Waals surface area contributed by atoms with Gasteiger partial charge in [0.05, 0.1) is 44.9 Å². The molecule has 10 unspecified atom stereocenters. The molecule has 2 spiro atoms. The van der Waals surface area contributed by atoms with E-state index in [1.54, 1.807) is 0 Å². The first-order valence-corrected chi connectivity index (χ1v) is 17.5. The van der Waals surface area contributed by atoms with E-state index in [2.05, 4.69) is 41.9 Å². The molecule has 0 radical (unpaired) electrons. The average molecular weight is 626 g/mol. The number of quaternary nitrogens is 1. The Morgan fingerprint density at radius 3 is 2.80 bits per heavy atom. The van der Waals surface area contributed by atoms with Crippen LogP contribution in [0, 0.1) is 40.4 Å². The summed E-state index contributed by atoms with van der Waals surface area (Å²) in [5.74, 6) is 0.738. The molecule has 10 atom stereocenters. The predicted octanol–water partition coefficient (Wildman–Crippen LogP) is -0.461. The first-order chi connectivity index (χ1) is 21.7. The van der Waals surface area contributed by atoms with Gasteiger partial charge in [0.15, 0.2) is 0 Å². The second kappa shape index (κ2) is 13.2. The topological polar surface area (TPSA) is 157 Å². The molecule has 3 saturated carbocycles. The maximum Gasteiger partial charge on any atom is 0.293 e. The molecular formula is C35H55N5O5. The highest BCUT2D eigenvalue weighted by molar-refractivity contribution is 5.90. The lowest BCUT2D eigenvalue weighted by atomic mass is 9.45. The third-order valence-electron chi connectivity index (χ3n) is 12.9. The number of carbonyl (C=O) groups is 1. The van der Waals surface area contributed by atoms with Gasteiger partial charge < -0.3 is 41.2 Å². The lowest BCUT2D eigenvalue weighted by molar-refractivity contribution is -0.828. The number of aliphatic hydroxyl groups excluding tert-OH is 1. The van der Waals surface area contributed by atoms with E-state index < -0.39 is 17.0 Å². The first kappa shape index (κ1) is 32.8. The Bertz CT molecular complexity index is 1230. The van der Waals surface area contributed by atoms with Crippen molar-refractivity contribution >= 4 is 11.9 Å². The number of carbonyl (C=O) groups excluding carboxylic acids is 1. The molecule has 10 nitrogen and oxygen atoms in total. The van der Waals surface area contributed by atoms with Crippen LogP contribution in [0.25, 0.3) is 0 Å². The van der Waals surface area contributed by atoms with Crippen molar-refractivity contribution in [2.75, 3.05) is 59.5 Å². The minimum Gasteiger partial charge on any atom is -0.545 e. The molecule has 1 heterocycles. The fourth-order valence-corrected chi connectivity index (χ4v) is 11.1. The van der Waals surface area contributed by atoms with Crippen LogP contribution >= 0.6 is 0 Å². The number of nitrogens with one attached hydrogen (secondary N) is 3. The van der Waals surface area contributed by atoms with Gasteiger partial charge in [0, 0.05) is 41.8 Å². The first-order valence-electron chi connectivity index (χ1n) is 17.5. The van der Waals surface area contributed by atoms with Gasteiger partial charge in [-0.2, -0.15) is 0 Å². The van der Waals surface area contributed by atoms with E-state index >= 15 is 0 Å². The van der Waals surface area contributed by atoms with E-state index in [0.29, 0.717) is 37.8 Å². The van der Waals surface area contributed by atoms with Crippen molar-refractivity contribution < 1.29 is 29.8 Å². The van der Waals surface area contributed by atoms with Gasteiger partial charge in [0.25, 0.3) is 5.96 Å². The fraction of sp³-hybridized carbons (Fsp3) is 0.771. The van der Waals surface area contributed by atoms with Crippen molar-refractivity contribution in [2.24, 2.45) is 51.1 Å². The number of carboxylic acids is 1. The van der Waals surface area contributed by atoms with Crippen LogP contribution in [0.4, 0.5) is 0 Å². The number of carboxylic acid groups (broad SMARTS) is 1. The number of allylic oxidation sites excluding steroid dienone is 4. The average Bonchev–Trinajstić information content (AvgIpc) is 3.38. The van der Waals surface area contributed by atoms with E-state index in [-0.39, 0.29) is 54.0 Å². The SMILES string of the molecule is CNCCN=C(N)[NH+]1CCC(CNCCO)C2(C1)C1CCC(C)C23CC(O)(COC2CCCC4C=CC=CC42)C(C(=O)[O-])=C3C1. The van der Waals surface area contributed by atoms with Crippen molar-refractivity contribution in [2.45, 2.75) is 70.0 Å². The standard InChI is InChI=1S/C35H55N5O5/c1-23-10-11-25-18-28-30(31(42)43)33(44,22-45-29-9-5-7-24-6-3-4-8-27(24)29)20-34(23,28)35(25)21-40(32(36)39-14-13-37-2)16-12-26(35)19-38-15-17-41/h3-4,6,8,23-27,29,37-38,41,44H,5,7,9-22H2,1-2H3,(H2,36,39)(H,42,43). The number of likely N-dealkylation sites (tertiary alicyclic amines) is 1. The summed E-state index contributed by atoms with van der Waals surface area (Å²) in [6.07, 6.45) is 15.6. The number of guanidine groups is 1. The maximum atomic E-state index is 13.1. The second-order valence-corrected chi connectivity index (χ2v) is 14.8. The number of rotatable bonds is 11. The summed E-state index contributed by atoms with van der Waals surface area (Å²) < 4.78 is 6.60. The maximum absolute atomic E-state index is 13.1. The number of ether oxygens (including phenoxy) is 1. The lowest BCUT2D eigenvalue weighted by Crippen LogP contribution is -3.19. The van der Waals surface area contributed by atoms with Crippen LogP contribution in [0.2, 0.25) is 0 Å². The molecule has 0 aromatic rings. The van der Waals surface area contributed by atoms with Gasteiger partial charge in [-0.15, -0.1) is 0 Å². The molecule has 0 aromatic carbocycles. The molecule has 1 saturated heterocycles.